The zero-order valence-electron chi connectivity index (χ0n) is 24.5. The van der Waals surface area contributed by atoms with Gasteiger partial charge in [-0.3, -0.25) is 4.79 Å². The third-order valence-electron chi connectivity index (χ3n) is 7.04. The molecule has 2 aliphatic heterocycles. The van der Waals surface area contributed by atoms with Crippen molar-refractivity contribution in [3.63, 3.8) is 0 Å². The van der Waals surface area contributed by atoms with Gasteiger partial charge in [0.1, 0.15) is 11.7 Å². The zero-order chi connectivity index (χ0) is 28.2. The Balaban J connectivity index is 0.00000247. The fourth-order valence-corrected chi connectivity index (χ4v) is 4.76. The summed E-state index contributed by atoms with van der Waals surface area (Å²) >= 11 is 0. The number of fused-ring (bicyclic) bond motifs is 1. The highest BCUT2D eigenvalue weighted by atomic mass is 16.1. The number of nitrogens with zero attached hydrogens (tertiary/aromatic N) is 5. The van der Waals surface area contributed by atoms with Crippen LogP contribution < -0.4 is 11.1 Å². The molecule has 3 rings (SSSR count). The van der Waals surface area contributed by atoms with E-state index >= 15 is 0 Å². The molecule has 0 radical (unpaired) electrons. The van der Waals surface area contributed by atoms with Gasteiger partial charge in [0.15, 0.2) is 0 Å². The number of amidine groups is 1. The molecule has 1 aromatic carbocycles. The van der Waals surface area contributed by atoms with Gasteiger partial charge in [-0.2, -0.15) is 0 Å². The van der Waals surface area contributed by atoms with Crippen LogP contribution in [0.3, 0.4) is 0 Å². The Morgan fingerprint density at radius 3 is 2.58 bits per heavy atom. The molecular formula is C30H49N7O. The lowest BCUT2D eigenvalue weighted by atomic mass is 9.99. The van der Waals surface area contributed by atoms with Crippen molar-refractivity contribution in [2.24, 2.45) is 10.7 Å². The van der Waals surface area contributed by atoms with Crippen LogP contribution in [0, 0.1) is 0 Å². The summed E-state index contributed by atoms with van der Waals surface area (Å²) in [6.07, 6.45) is 6.86. The summed E-state index contributed by atoms with van der Waals surface area (Å²) in [5, 5.41) is 3.37. The van der Waals surface area contributed by atoms with Crippen LogP contribution in [0.1, 0.15) is 44.7 Å². The van der Waals surface area contributed by atoms with Crippen LogP contribution in [0.4, 0.5) is 5.69 Å². The number of carbonyl (C=O) groups excluding carboxylic acids is 1. The fraction of sp³-hybridized carbons (Fsp3) is 0.533. The predicted molar refractivity (Wildman–Crippen MR) is 161 cm³/mol. The van der Waals surface area contributed by atoms with E-state index in [9.17, 15) is 4.79 Å². The largest absolute Gasteiger partial charge is 0.372 e. The van der Waals surface area contributed by atoms with Crippen LogP contribution in [-0.2, 0) is 17.8 Å². The number of hydrogen-bond donors (Lipinski definition) is 2. The number of hydrogen-bond acceptors (Lipinski definition) is 6. The van der Waals surface area contributed by atoms with Crippen molar-refractivity contribution in [2.75, 3.05) is 59.2 Å². The van der Waals surface area contributed by atoms with Crippen LogP contribution in [0.5, 0.6) is 0 Å². The quantitative estimate of drug-likeness (QED) is 0.275. The molecule has 210 valence electrons. The van der Waals surface area contributed by atoms with Gasteiger partial charge in [-0.25, -0.2) is 4.99 Å². The molecule has 2 aliphatic rings. The number of nitrogens with one attached hydrogen (secondary N) is 1. The van der Waals surface area contributed by atoms with Crippen molar-refractivity contribution in [3.05, 3.63) is 66.2 Å². The van der Waals surface area contributed by atoms with Gasteiger partial charge in [-0.05, 0) is 82.9 Å². The Morgan fingerprint density at radius 1 is 1.21 bits per heavy atom. The average Bonchev–Trinajstić information content (AvgIpc) is 2.92. The third kappa shape index (κ3) is 8.74. The number of rotatable bonds is 10. The second-order valence-electron chi connectivity index (χ2n) is 10.1. The normalized spacial score (nSPS) is 18.6. The highest BCUT2D eigenvalue weighted by Gasteiger charge is 2.25. The first-order chi connectivity index (χ1) is 18.2. The Hall–Kier alpha value is -3.10. The van der Waals surface area contributed by atoms with Gasteiger partial charge in [0.2, 0.25) is 5.91 Å². The van der Waals surface area contributed by atoms with Gasteiger partial charge >= 0.3 is 0 Å². The zero-order valence-corrected chi connectivity index (χ0v) is 24.5. The number of likely N-dealkylation sites (N-methyl/N-ethyl adjacent to an activating group) is 2. The van der Waals surface area contributed by atoms with Gasteiger partial charge in [-0.15, -0.1) is 0 Å². The van der Waals surface area contributed by atoms with Gasteiger partial charge in [0, 0.05) is 51.0 Å². The van der Waals surface area contributed by atoms with E-state index in [1.807, 2.05) is 26.1 Å². The maximum atomic E-state index is 12.1. The highest BCUT2D eigenvalue weighted by Crippen LogP contribution is 2.24. The van der Waals surface area contributed by atoms with Crippen molar-refractivity contribution in [2.45, 2.75) is 52.6 Å². The summed E-state index contributed by atoms with van der Waals surface area (Å²) in [5.41, 5.74) is 9.62. The molecule has 3 N–H and O–H groups in total. The van der Waals surface area contributed by atoms with Crippen LogP contribution in [0.25, 0.3) is 0 Å². The van der Waals surface area contributed by atoms with E-state index in [0.717, 1.165) is 70.1 Å². The summed E-state index contributed by atoms with van der Waals surface area (Å²) in [4.78, 5) is 26.1. The monoisotopic (exact) mass is 523 g/mol. The second-order valence-corrected chi connectivity index (χ2v) is 10.1. The van der Waals surface area contributed by atoms with Crippen molar-refractivity contribution in [1.82, 2.24) is 19.6 Å². The lowest BCUT2D eigenvalue weighted by Crippen LogP contribution is -2.49. The first-order valence-electron chi connectivity index (χ1n) is 13.8. The molecule has 8 heteroatoms. The van der Waals surface area contributed by atoms with E-state index < -0.39 is 5.91 Å². The minimum absolute atomic E-state index is 0.345. The summed E-state index contributed by atoms with van der Waals surface area (Å²) in [6.45, 7) is 19.4. The Kier molecular flexibility index (Phi) is 12.6. The number of likely N-dealkylation sites (tertiary alicyclic amines) is 1. The Labute approximate surface area is 230 Å². The second kappa shape index (κ2) is 15.3. The smallest absolute Gasteiger partial charge is 0.248 e. The van der Waals surface area contributed by atoms with Crippen LogP contribution in [0.15, 0.2) is 60.0 Å². The molecule has 38 heavy (non-hydrogen) atoms. The van der Waals surface area contributed by atoms with Crippen molar-refractivity contribution in [3.8, 4) is 0 Å². The van der Waals surface area contributed by atoms with Gasteiger partial charge in [0.25, 0.3) is 0 Å². The predicted octanol–water partition coefficient (Wildman–Crippen LogP) is 3.89. The van der Waals surface area contributed by atoms with Crippen molar-refractivity contribution in [1.29, 1.82) is 0 Å². The minimum Gasteiger partial charge on any atom is -0.372 e. The van der Waals surface area contributed by atoms with Gasteiger partial charge in [0.05, 0.1) is 5.57 Å². The van der Waals surface area contributed by atoms with E-state index in [0.29, 0.717) is 17.4 Å². The molecule has 1 unspecified atom stereocenters. The first kappa shape index (κ1) is 31.1. The number of nitrogens with two attached hydrogens (primary N) is 1. The van der Waals surface area contributed by atoms with Crippen LogP contribution in [-0.4, -0.2) is 91.3 Å². The maximum Gasteiger partial charge on any atom is 0.248 e. The first-order valence-corrected chi connectivity index (χ1v) is 13.8. The van der Waals surface area contributed by atoms with Crippen molar-refractivity contribution < 1.29 is 4.79 Å². The number of piperidine rings is 1. The molecule has 0 aliphatic carbocycles. The number of amides is 1. The van der Waals surface area contributed by atoms with E-state index in [1.54, 1.807) is 13.0 Å². The fourth-order valence-electron chi connectivity index (χ4n) is 4.76. The van der Waals surface area contributed by atoms with E-state index in [1.165, 1.54) is 11.1 Å². The van der Waals surface area contributed by atoms with Crippen LogP contribution in [0.2, 0.25) is 0 Å². The number of carbonyl (C=O) groups is 1. The lowest BCUT2D eigenvalue weighted by molar-refractivity contribution is -0.114. The number of anilines is 1. The summed E-state index contributed by atoms with van der Waals surface area (Å²) in [5.74, 6) is 0.696. The molecule has 0 saturated carbocycles. The molecular weight excluding hydrogens is 474 g/mol. The number of benzene rings is 1. The molecule has 1 saturated heterocycles. The molecule has 0 aromatic heterocycles. The lowest BCUT2D eigenvalue weighted by Gasteiger charge is -2.40. The molecule has 1 atom stereocenters. The molecule has 0 bridgehead atoms. The third-order valence-corrected chi connectivity index (χ3v) is 7.04. The van der Waals surface area contributed by atoms with E-state index in [2.05, 4.69) is 71.4 Å². The number of primary amides is 1. The highest BCUT2D eigenvalue weighted by molar-refractivity contribution is 5.96. The molecule has 1 aromatic rings. The summed E-state index contributed by atoms with van der Waals surface area (Å²) in [6, 6.07) is 6.69. The SMILES string of the molecule is C=C/C(=N\C(Nc1ccc2c(c1)CCN(C)C2)=C(/C)C(N)=O)N1CCCC(N(C=C)CCN(C)C)C1.CC. The standard InChI is InChI=1S/C28H43N7O.C2H6/c1-7-26(35-14-9-10-25(20-35)34(8-2)17-16-32(4)5)31-28(21(3)27(29)36)30-24-12-11-23-19-33(6)15-13-22(23)18-24;1-2/h7-8,11-12,18,25,30H,1-2,9-10,13-17,19-20H2,3-6H3,(H2,29,36);1-2H3/b28-21+,31-26+;. The molecule has 2 heterocycles. The number of aliphatic imine (C=N–C) groups is 1. The van der Waals surface area contributed by atoms with E-state index in [-0.39, 0.29) is 0 Å². The molecule has 1 amide bonds. The van der Waals surface area contributed by atoms with Crippen molar-refractivity contribution >= 4 is 17.4 Å². The minimum atomic E-state index is -0.498. The Morgan fingerprint density at radius 2 is 1.95 bits per heavy atom. The maximum absolute atomic E-state index is 12.1. The summed E-state index contributed by atoms with van der Waals surface area (Å²) < 4.78 is 0. The molecule has 0 spiro atoms. The van der Waals surface area contributed by atoms with Crippen LogP contribution >= 0.6 is 0 Å². The summed E-state index contributed by atoms with van der Waals surface area (Å²) in [7, 11) is 6.30. The van der Waals surface area contributed by atoms with Gasteiger partial charge in [-0.1, -0.05) is 33.1 Å². The van der Waals surface area contributed by atoms with Gasteiger partial charge < -0.3 is 30.7 Å². The molecule has 8 nitrogen and oxygen atoms in total. The topological polar surface area (TPSA) is 80.4 Å². The molecule has 1 fully saturated rings. The Bertz CT molecular complexity index is 1010. The average molecular weight is 524 g/mol. The van der Waals surface area contributed by atoms with E-state index in [4.69, 9.17) is 10.7 Å².